The molecule has 0 spiro atoms. The molecular formula is C20H19N5O2. The standard InChI is InChI=1S/C20H19N5O2/c1-13-7-8-16-15(11-13)20(14-5-3-2-4-6-14)24(9-10-27-20)12-17-22-19(18(21)26)23-25(16)17/h2-8,11H,9-10,12H2,1H3,(H2,21,26). The van der Waals surface area contributed by atoms with Crippen molar-refractivity contribution < 1.29 is 9.53 Å². The van der Waals surface area contributed by atoms with E-state index in [1.807, 2.05) is 30.3 Å². The minimum atomic E-state index is -0.710. The number of aromatic nitrogens is 3. The van der Waals surface area contributed by atoms with Gasteiger partial charge in [0.2, 0.25) is 5.82 Å². The molecule has 7 nitrogen and oxygen atoms in total. The maximum atomic E-state index is 11.6. The van der Waals surface area contributed by atoms with Gasteiger partial charge in [0.15, 0.2) is 5.72 Å². The first kappa shape index (κ1) is 16.2. The molecule has 0 radical (unpaired) electrons. The molecule has 1 unspecified atom stereocenters. The lowest BCUT2D eigenvalue weighted by molar-refractivity contribution is -0.0551. The topological polar surface area (TPSA) is 86.3 Å². The van der Waals surface area contributed by atoms with Gasteiger partial charge in [0.25, 0.3) is 5.91 Å². The highest BCUT2D eigenvalue weighted by Gasteiger charge is 2.49. The molecule has 1 amide bonds. The van der Waals surface area contributed by atoms with E-state index in [4.69, 9.17) is 10.5 Å². The van der Waals surface area contributed by atoms with Gasteiger partial charge in [-0.1, -0.05) is 42.0 Å². The molecule has 1 fully saturated rings. The number of nitrogens with zero attached hydrogens (tertiary/aromatic N) is 4. The molecule has 3 heterocycles. The number of nitrogens with two attached hydrogens (primary N) is 1. The van der Waals surface area contributed by atoms with Gasteiger partial charge in [0.1, 0.15) is 5.82 Å². The minimum absolute atomic E-state index is 0.0313. The van der Waals surface area contributed by atoms with Crippen molar-refractivity contribution in [1.82, 2.24) is 19.7 Å². The van der Waals surface area contributed by atoms with Crippen molar-refractivity contribution in [2.75, 3.05) is 13.2 Å². The van der Waals surface area contributed by atoms with Crippen LogP contribution in [0.5, 0.6) is 0 Å². The summed E-state index contributed by atoms with van der Waals surface area (Å²) in [7, 11) is 0. The lowest BCUT2D eigenvalue weighted by Gasteiger charge is -2.37. The van der Waals surface area contributed by atoms with Gasteiger partial charge in [-0.25, -0.2) is 9.67 Å². The number of benzene rings is 2. The van der Waals surface area contributed by atoms with Crippen LogP contribution in [0.2, 0.25) is 0 Å². The van der Waals surface area contributed by atoms with E-state index >= 15 is 0 Å². The highest BCUT2D eigenvalue weighted by molar-refractivity contribution is 5.88. The van der Waals surface area contributed by atoms with E-state index in [2.05, 4.69) is 40.1 Å². The Bertz CT molecular complexity index is 1050. The summed E-state index contributed by atoms with van der Waals surface area (Å²) in [5.41, 5.74) is 8.74. The number of ether oxygens (including phenoxy) is 1. The monoisotopic (exact) mass is 361 g/mol. The van der Waals surface area contributed by atoms with Crippen molar-refractivity contribution in [3.05, 3.63) is 76.9 Å². The third-order valence-electron chi connectivity index (χ3n) is 5.25. The van der Waals surface area contributed by atoms with Gasteiger partial charge in [-0.3, -0.25) is 9.69 Å². The molecule has 7 heteroatoms. The smallest absolute Gasteiger partial charge is 0.288 e. The fourth-order valence-electron chi connectivity index (χ4n) is 4.10. The molecular weight excluding hydrogens is 342 g/mol. The van der Waals surface area contributed by atoms with Gasteiger partial charge >= 0.3 is 0 Å². The van der Waals surface area contributed by atoms with Crippen molar-refractivity contribution in [1.29, 1.82) is 0 Å². The van der Waals surface area contributed by atoms with Crippen molar-refractivity contribution in [3.63, 3.8) is 0 Å². The number of primary amides is 1. The van der Waals surface area contributed by atoms with Gasteiger partial charge in [0, 0.05) is 17.7 Å². The van der Waals surface area contributed by atoms with Crippen molar-refractivity contribution in [3.8, 4) is 5.69 Å². The van der Waals surface area contributed by atoms with Crippen LogP contribution in [0.25, 0.3) is 5.69 Å². The molecule has 2 aliphatic heterocycles. The Balaban J connectivity index is 1.83. The van der Waals surface area contributed by atoms with E-state index in [9.17, 15) is 4.79 Å². The number of hydrogen-bond acceptors (Lipinski definition) is 5. The first-order valence-corrected chi connectivity index (χ1v) is 8.91. The maximum Gasteiger partial charge on any atom is 0.288 e. The molecule has 0 aliphatic carbocycles. The second-order valence-corrected chi connectivity index (χ2v) is 6.93. The number of amides is 1. The molecule has 0 saturated carbocycles. The van der Waals surface area contributed by atoms with E-state index in [1.54, 1.807) is 4.68 Å². The third kappa shape index (κ3) is 2.25. The molecule has 1 atom stereocenters. The molecule has 136 valence electrons. The van der Waals surface area contributed by atoms with Crippen LogP contribution in [0.15, 0.2) is 48.5 Å². The molecule has 3 aromatic rings. The summed E-state index contributed by atoms with van der Waals surface area (Å²) in [6, 6.07) is 16.4. The number of hydrogen-bond donors (Lipinski definition) is 1. The van der Waals surface area contributed by atoms with E-state index in [0.717, 1.165) is 28.9 Å². The van der Waals surface area contributed by atoms with Crippen LogP contribution in [0.1, 0.15) is 33.1 Å². The van der Waals surface area contributed by atoms with Crippen molar-refractivity contribution >= 4 is 5.91 Å². The Kier molecular flexibility index (Phi) is 3.43. The molecule has 27 heavy (non-hydrogen) atoms. The zero-order chi connectivity index (χ0) is 18.6. The molecule has 2 aromatic carbocycles. The Morgan fingerprint density at radius 3 is 2.81 bits per heavy atom. The predicted octanol–water partition coefficient (Wildman–Crippen LogP) is 1.72. The number of carbonyl (C=O) groups is 1. The van der Waals surface area contributed by atoms with Gasteiger partial charge < -0.3 is 10.5 Å². The number of fused-ring (bicyclic) bond motifs is 5. The van der Waals surface area contributed by atoms with Gasteiger partial charge in [-0.2, -0.15) is 0 Å². The minimum Gasteiger partial charge on any atom is -0.363 e. The summed E-state index contributed by atoms with van der Waals surface area (Å²) in [5, 5.41) is 4.38. The van der Waals surface area contributed by atoms with Gasteiger partial charge in [0.05, 0.1) is 18.8 Å². The number of rotatable bonds is 2. The van der Waals surface area contributed by atoms with Crippen LogP contribution in [-0.2, 0) is 17.0 Å². The quantitative estimate of drug-likeness (QED) is 0.751. The summed E-state index contributed by atoms with van der Waals surface area (Å²) in [6.07, 6.45) is 0. The fraction of sp³-hybridized carbons (Fsp3) is 0.250. The average molecular weight is 361 g/mol. The molecule has 2 N–H and O–H groups in total. The summed E-state index contributed by atoms with van der Waals surface area (Å²) in [5.74, 6) is 0.0808. The average Bonchev–Trinajstić information content (AvgIpc) is 3.26. The first-order chi connectivity index (χ1) is 13.1. The van der Waals surface area contributed by atoms with Crippen LogP contribution >= 0.6 is 0 Å². The highest BCUT2D eigenvalue weighted by Crippen LogP contribution is 2.45. The van der Waals surface area contributed by atoms with Crippen LogP contribution in [0, 0.1) is 6.92 Å². The zero-order valence-corrected chi connectivity index (χ0v) is 14.9. The first-order valence-electron chi connectivity index (χ1n) is 8.91. The predicted molar refractivity (Wildman–Crippen MR) is 98.2 cm³/mol. The number of carbonyl (C=O) groups excluding carboxylic acids is 1. The second-order valence-electron chi connectivity index (χ2n) is 6.93. The Morgan fingerprint density at radius 1 is 1.22 bits per heavy atom. The fourth-order valence-corrected chi connectivity index (χ4v) is 4.10. The molecule has 1 aromatic heterocycles. The van der Waals surface area contributed by atoms with Crippen molar-refractivity contribution in [2.45, 2.75) is 19.2 Å². The van der Waals surface area contributed by atoms with Crippen LogP contribution in [-0.4, -0.2) is 38.7 Å². The molecule has 5 rings (SSSR count). The summed E-state index contributed by atoms with van der Waals surface area (Å²) in [4.78, 5) is 18.3. The van der Waals surface area contributed by atoms with Crippen LogP contribution in [0.3, 0.4) is 0 Å². The Morgan fingerprint density at radius 2 is 2.04 bits per heavy atom. The largest absolute Gasteiger partial charge is 0.363 e. The maximum absolute atomic E-state index is 11.6. The Labute approximate surface area is 156 Å². The summed E-state index contributed by atoms with van der Waals surface area (Å²) in [6.45, 7) is 3.92. The van der Waals surface area contributed by atoms with E-state index < -0.39 is 11.6 Å². The van der Waals surface area contributed by atoms with Crippen molar-refractivity contribution in [2.24, 2.45) is 5.73 Å². The summed E-state index contributed by atoms with van der Waals surface area (Å²) < 4.78 is 8.16. The van der Waals surface area contributed by atoms with Crippen LogP contribution in [0.4, 0.5) is 0 Å². The lowest BCUT2D eigenvalue weighted by atomic mass is 9.91. The SMILES string of the molecule is Cc1ccc2c(c1)C1(c3ccccc3)OCCN1Cc1nc(C(N)=O)nn1-2. The van der Waals surface area contributed by atoms with Gasteiger partial charge in [-0.05, 0) is 19.1 Å². The highest BCUT2D eigenvalue weighted by atomic mass is 16.5. The van der Waals surface area contributed by atoms with E-state index in [1.165, 1.54) is 0 Å². The van der Waals surface area contributed by atoms with E-state index in [0.29, 0.717) is 19.0 Å². The summed E-state index contributed by atoms with van der Waals surface area (Å²) >= 11 is 0. The van der Waals surface area contributed by atoms with E-state index in [-0.39, 0.29) is 5.82 Å². The third-order valence-corrected chi connectivity index (χ3v) is 5.25. The number of aryl methyl sites for hydroxylation is 1. The molecule has 2 aliphatic rings. The van der Waals surface area contributed by atoms with Gasteiger partial charge in [-0.15, -0.1) is 5.10 Å². The normalized spacial score (nSPS) is 21.2. The van der Waals surface area contributed by atoms with Crippen LogP contribution < -0.4 is 5.73 Å². The second kappa shape index (κ2) is 5.73. The molecule has 1 saturated heterocycles. The Hall–Kier alpha value is -3.03. The molecule has 0 bridgehead atoms. The lowest BCUT2D eigenvalue weighted by Crippen LogP contribution is -2.42. The zero-order valence-electron chi connectivity index (χ0n) is 14.9.